The molecule has 0 N–H and O–H groups in total. The van der Waals surface area contributed by atoms with Crippen molar-refractivity contribution in [2.24, 2.45) is 0 Å². The highest BCUT2D eigenvalue weighted by Crippen LogP contribution is 2.32. The second kappa shape index (κ2) is 6.15. The van der Waals surface area contributed by atoms with Crippen LogP contribution in [0.2, 0.25) is 0 Å². The summed E-state index contributed by atoms with van der Waals surface area (Å²) in [4.78, 5) is 6.89. The van der Waals surface area contributed by atoms with Crippen molar-refractivity contribution in [2.45, 2.75) is 12.8 Å². The number of pyridine rings is 1. The van der Waals surface area contributed by atoms with E-state index in [-0.39, 0.29) is 0 Å². The summed E-state index contributed by atoms with van der Waals surface area (Å²) in [6, 6.07) is 18.6. The number of para-hydroxylation sites is 1. The van der Waals surface area contributed by atoms with Gasteiger partial charge in [-0.1, -0.05) is 42.5 Å². The van der Waals surface area contributed by atoms with Crippen LogP contribution in [0.25, 0.3) is 10.8 Å². The fraction of sp³-hybridized carbons (Fsp3) is 0.167. The van der Waals surface area contributed by atoms with Gasteiger partial charge in [-0.25, -0.2) is 4.98 Å². The van der Waals surface area contributed by atoms with Crippen molar-refractivity contribution in [3.05, 3.63) is 66.4 Å². The minimum atomic E-state index is 0.477. The van der Waals surface area contributed by atoms with Gasteiger partial charge in [0.1, 0.15) is 5.82 Å². The lowest BCUT2D eigenvalue weighted by atomic mass is 10.1. The maximum absolute atomic E-state index is 6.04. The minimum Gasteiger partial charge on any atom is -0.326 e. The molecule has 1 aromatic heterocycles. The molecule has 3 rings (SSSR count). The first-order chi connectivity index (χ1) is 10.3. The van der Waals surface area contributed by atoms with Gasteiger partial charge in [0.2, 0.25) is 0 Å². The highest BCUT2D eigenvalue weighted by Gasteiger charge is 2.13. The van der Waals surface area contributed by atoms with Gasteiger partial charge in [-0.2, -0.15) is 0 Å². The molecule has 0 unspecified atom stereocenters. The van der Waals surface area contributed by atoms with E-state index in [9.17, 15) is 0 Å². The number of hydrogen-bond acceptors (Lipinski definition) is 2. The normalized spacial score (nSPS) is 10.8. The first-order valence-electron chi connectivity index (χ1n) is 7.10. The van der Waals surface area contributed by atoms with Gasteiger partial charge in [0, 0.05) is 29.7 Å². The van der Waals surface area contributed by atoms with Crippen molar-refractivity contribution >= 4 is 33.9 Å². The molecule has 0 fully saturated rings. The Labute approximate surface area is 130 Å². The number of aromatic nitrogens is 1. The van der Waals surface area contributed by atoms with Crippen LogP contribution in [0.3, 0.4) is 0 Å². The topological polar surface area (TPSA) is 16.1 Å². The molecule has 0 bridgehead atoms. The number of alkyl halides is 1. The summed E-state index contributed by atoms with van der Waals surface area (Å²) in [5.41, 5.74) is 2.22. The second-order valence-electron chi connectivity index (χ2n) is 4.87. The van der Waals surface area contributed by atoms with E-state index in [1.54, 1.807) is 0 Å². The predicted molar refractivity (Wildman–Crippen MR) is 90.4 cm³/mol. The highest BCUT2D eigenvalue weighted by atomic mass is 35.5. The highest BCUT2D eigenvalue weighted by molar-refractivity contribution is 6.18. The van der Waals surface area contributed by atoms with Crippen molar-refractivity contribution in [1.29, 1.82) is 0 Å². The molecule has 0 aliphatic rings. The van der Waals surface area contributed by atoms with Crippen LogP contribution in [0.4, 0.5) is 11.5 Å². The lowest BCUT2D eigenvalue weighted by Gasteiger charge is -2.24. The van der Waals surface area contributed by atoms with Crippen LogP contribution in [0.5, 0.6) is 0 Å². The fourth-order valence-corrected chi connectivity index (χ4v) is 2.83. The fourth-order valence-electron chi connectivity index (χ4n) is 2.62. The maximum Gasteiger partial charge on any atom is 0.140 e. The molecule has 0 amide bonds. The monoisotopic (exact) mass is 296 g/mol. The van der Waals surface area contributed by atoms with E-state index in [0.717, 1.165) is 29.0 Å². The van der Waals surface area contributed by atoms with E-state index < -0.39 is 0 Å². The summed E-state index contributed by atoms with van der Waals surface area (Å²) in [5.74, 6) is 1.46. The van der Waals surface area contributed by atoms with E-state index in [1.807, 2.05) is 36.5 Å². The van der Waals surface area contributed by atoms with Crippen LogP contribution in [-0.4, -0.2) is 11.5 Å². The molecule has 0 radical (unpaired) electrons. The molecule has 0 spiro atoms. The number of benzene rings is 2. The van der Waals surface area contributed by atoms with E-state index in [0.29, 0.717) is 5.88 Å². The number of hydrogen-bond donors (Lipinski definition) is 0. The molecule has 2 aromatic carbocycles. The van der Waals surface area contributed by atoms with Gasteiger partial charge in [-0.3, -0.25) is 0 Å². The SMILES string of the molecule is CCN(c1ccccc1)c1ncc(CCl)c2ccccc12. The van der Waals surface area contributed by atoms with Gasteiger partial charge in [0.25, 0.3) is 0 Å². The smallest absolute Gasteiger partial charge is 0.140 e. The molecule has 0 saturated carbocycles. The summed E-state index contributed by atoms with van der Waals surface area (Å²) in [7, 11) is 0. The molecular formula is C18H17ClN2. The van der Waals surface area contributed by atoms with Gasteiger partial charge >= 0.3 is 0 Å². The van der Waals surface area contributed by atoms with Crippen molar-refractivity contribution in [1.82, 2.24) is 4.98 Å². The Hall–Kier alpha value is -2.06. The van der Waals surface area contributed by atoms with E-state index in [1.165, 1.54) is 5.39 Å². The number of nitrogens with zero attached hydrogens (tertiary/aromatic N) is 2. The summed E-state index contributed by atoms with van der Waals surface area (Å²) in [6.07, 6.45) is 1.89. The Morgan fingerprint density at radius 2 is 1.62 bits per heavy atom. The van der Waals surface area contributed by atoms with Gasteiger partial charge in [0.15, 0.2) is 0 Å². The average Bonchev–Trinajstić information content (AvgIpc) is 2.56. The zero-order valence-corrected chi connectivity index (χ0v) is 12.7. The Morgan fingerprint density at radius 3 is 2.29 bits per heavy atom. The lowest BCUT2D eigenvalue weighted by Crippen LogP contribution is -2.17. The van der Waals surface area contributed by atoms with Crippen molar-refractivity contribution in [3.63, 3.8) is 0 Å². The maximum atomic E-state index is 6.04. The van der Waals surface area contributed by atoms with E-state index >= 15 is 0 Å². The molecule has 1 heterocycles. The van der Waals surface area contributed by atoms with Crippen LogP contribution < -0.4 is 4.90 Å². The molecule has 0 saturated heterocycles. The molecule has 3 heteroatoms. The molecule has 21 heavy (non-hydrogen) atoms. The third-order valence-electron chi connectivity index (χ3n) is 3.64. The van der Waals surface area contributed by atoms with E-state index in [2.05, 4.69) is 41.1 Å². The van der Waals surface area contributed by atoms with E-state index in [4.69, 9.17) is 11.6 Å². The second-order valence-corrected chi connectivity index (χ2v) is 5.13. The predicted octanol–water partition coefficient (Wildman–Crippen LogP) is 5.13. The van der Waals surface area contributed by atoms with Gasteiger partial charge in [-0.05, 0) is 30.0 Å². The Bertz CT molecular complexity index is 741. The standard InChI is InChI=1S/C18H17ClN2/c1-2-21(15-8-4-3-5-9-15)18-17-11-7-6-10-16(17)14(12-19)13-20-18/h3-11,13H,2,12H2,1H3. The molecule has 3 aromatic rings. The van der Waals surface area contributed by atoms with Crippen molar-refractivity contribution in [2.75, 3.05) is 11.4 Å². The largest absolute Gasteiger partial charge is 0.326 e. The summed E-state index contributed by atoms with van der Waals surface area (Å²) in [6.45, 7) is 3.00. The van der Waals surface area contributed by atoms with Crippen LogP contribution >= 0.6 is 11.6 Å². The summed E-state index contributed by atoms with van der Waals surface area (Å²) >= 11 is 6.04. The molecule has 0 atom stereocenters. The minimum absolute atomic E-state index is 0.477. The quantitative estimate of drug-likeness (QED) is 0.620. The van der Waals surface area contributed by atoms with Crippen LogP contribution in [0, 0.1) is 0 Å². The first kappa shape index (κ1) is 13.9. The molecular weight excluding hydrogens is 280 g/mol. The molecule has 106 valence electrons. The number of rotatable bonds is 4. The van der Waals surface area contributed by atoms with Gasteiger partial charge < -0.3 is 4.90 Å². The zero-order valence-electron chi connectivity index (χ0n) is 12.0. The van der Waals surface area contributed by atoms with Gasteiger partial charge in [-0.15, -0.1) is 11.6 Å². The number of fused-ring (bicyclic) bond motifs is 1. The molecule has 2 nitrogen and oxygen atoms in total. The van der Waals surface area contributed by atoms with Crippen LogP contribution in [-0.2, 0) is 5.88 Å². The Balaban J connectivity index is 2.20. The lowest BCUT2D eigenvalue weighted by molar-refractivity contribution is 0.996. The number of halogens is 1. The van der Waals surface area contributed by atoms with Crippen molar-refractivity contribution in [3.8, 4) is 0 Å². The zero-order chi connectivity index (χ0) is 14.7. The first-order valence-corrected chi connectivity index (χ1v) is 7.63. The van der Waals surface area contributed by atoms with Crippen molar-refractivity contribution < 1.29 is 0 Å². The third kappa shape index (κ3) is 2.59. The third-order valence-corrected chi connectivity index (χ3v) is 3.93. The summed E-state index contributed by atoms with van der Waals surface area (Å²) in [5, 5.41) is 2.31. The molecule has 0 aliphatic heterocycles. The Morgan fingerprint density at radius 1 is 0.952 bits per heavy atom. The van der Waals surface area contributed by atoms with Crippen LogP contribution in [0.1, 0.15) is 12.5 Å². The average molecular weight is 297 g/mol. The number of anilines is 2. The summed E-state index contributed by atoms with van der Waals surface area (Å²) < 4.78 is 0. The van der Waals surface area contributed by atoms with Gasteiger partial charge in [0.05, 0.1) is 0 Å². The molecule has 0 aliphatic carbocycles. The van der Waals surface area contributed by atoms with Crippen LogP contribution in [0.15, 0.2) is 60.8 Å². The Kier molecular flexibility index (Phi) is 4.07.